The number of benzene rings is 1. The largest absolute Gasteiger partial charge is 0.350 e. The quantitative estimate of drug-likeness (QED) is 0.730. The van der Waals surface area contributed by atoms with Crippen LogP contribution in [0.2, 0.25) is 0 Å². The molecular weight excluding hydrogens is 310 g/mol. The summed E-state index contributed by atoms with van der Waals surface area (Å²) in [5, 5.41) is 1.17. The standard InChI is InChI=1S/C21H23N3O/c1-23-15-17(18-8-2-3-10-20(18)23)13-21(25)24-12-5-4-9-19(24)16-7-6-11-22-14-16/h2-3,6-8,10-11,14-15,19H,4-5,9,12-13H2,1H3. The summed E-state index contributed by atoms with van der Waals surface area (Å²) in [7, 11) is 2.04. The van der Waals surface area contributed by atoms with Gasteiger partial charge in [0.05, 0.1) is 12.5 Å². The van der Waals surface area contributed by atoms with Gasteiger partial charge in [-0.05, 0) is 42.5 Å². The van der Waals surface area contributed by atoms with Crippen molar-refractivity contribution in [3.63, 3.8) is 0 Å². The summed E-state index contributed by atoms with van der Waals surface area (Å²) >= 11 is 0. The minimum atomic E-state index is 0.157. The maximum atomic E-state index is 13.1. The predicted octanol–water partition coefficient (Wildman–Crippen LogP) is 3.87. The molecule has 3 aromatic rings. The molecular formula is C21H23N3O. The van der Waals surface area contributed by atoms with E-state index in [-0.39, 0.29) is 11.9 Å². The number of amides is 1. The SMILES string of the molecule is Cn1cc(CC(=O)N2CCCCC2c2cccnc2)c2ccccc21. The van der Waals surface area contributed by atoms with E-state index in [0.717, 1.165) is 36.9 Å². The molecule has 0 saturated carbocycles. The molecule has 0 radical (unpaired) electrons. The third-order valence-corrected chi connectivity index (χ3v) is 5.21. The van der Waals surface area contributed by atoms with Gasteiger partial charge in [0.2, 0.25) is 5.91 Å². The van der Waals surface area contributed by atoms with Gasteiger partial charge >= 0.3 is 0 Å². The molecule has 2 aromatic heterocycles. The number of pyridine rings is 1. The molecule has 1 fully saturated rings. The predicted molar refractivity (Wildman–Crippen MR) is 99.2 cm³/mol. The van der Waals surface area contributed by atoms with Gasteiger partial charge in [-0.25, -0.2) is 0 Å². The third kappa shape index (κ3) is 3.04. The van der Waals surface area contributed by atoms with Crippen LogP contribution in [0.1, 0.15) is 36.4 Å². The highest BCUT2D eigenvalue weighted by Gasteiger charge is 2.28. The molecule has 1 unspecified atom stereocenters. The molecule has 4 rings (SSSR count). The first kappa shape index (κ1) is 15.9. The van der Waals surface area contributed by atoms with Gasteiger partial charge in [-0.2, -0.15) is 0 Å². The highest BCUT2D eigenvalue weighted by molar-refractivity contribution is 5.89. The fourth-order valence-electron chi connectivity index (χ4n) is 3.98. The molecule has 25 heavy (non-hydrogen) atoms. The monoisotopic (exact) mass is 333 g/mol. The number of piperidine rings is 1. The average Bonchev–Trinajstić information content (AvgIpc) is 2.98. The number of aromatic nitrogens is 2. The Morgan fingerprint density at radius 1 is 1.20 bits per heavy atom. The average molecular weight is 333 g/mol. The van der Waals surface area contributed by atoms with E-state index in [1.807, 2.05) is 31.4 Å². The number of fused-ring (bicyclic) bond motifs is 1. The van der Waals surface area contributed by atoms with Crippen LogP contribution in [-0.2, 0) is 18.3 Å². The van der Waals surface area contributed by atoms with Crippen molar-refractivity contribution >= 4 is 16.8 Å². The van der Waals surface area contributed by atoms with E-state index in [2.05, 4.69) is 38.8 Å². The van der Waals surface area contributed by atoms with Crippen molar-refractivity contribution < 1.29 is 4.79 Å². The number of likely N-dealkylation sites (tertiary alicyclic amines) is 1. The summed E-state index contributed by atoms with van der Waals surface area (Å²) in [5.41, 5.74) is 3.43. The molecule has 1 atom stereocenters. The lowest BCUT2D eigenvalue weighted by Gasteiger charge is -2.36. The maximum absolute atomic E-state index is 13.1. The number of nitrogens with zero attached hydrogens (tertiary/aromatic N) is 3. The molecule has 0 aliphatic carbocycles. The van der Waals surface area contributed by atoms with Crippen molar-refractivity contribution in [3.05, 3.63) is 66.1 Å². The van der Waals surface area contributed by atoms with Crippen LogP contribution >= 0.6 is 0 Å². The second kappa shape index (κ2) is 6.71. The summed E-state index contributed by atoms with van der Waals surface area (Å²) in [5.74, 6) is 0.213. The Hall–Kier alpha value is -2.62. The van der Waals surface area contributed by atoms with E-state index in [1.54, 1.807) is 6.20 Å². The summed E-state index contributed by atoms with van der Waals surface area (Å²) < 4.78 is 2.10. The van der Waals surface area contributed by atoms with Crippen molar-refractivity contribution in [2.75, 3.05) is 6.54 Å². The van der Waals surface area contributed by atoms with Crippen molar-refractivity contribution in [1.29, 1.82) is 0 Å². The molecule has 0 N–H and O–H groups in total. The van der Waals surface area contributed by atoms with Crippen LogP contribution in [0.4, 0.5) is 0 Å². The molecule has 4 nitrogen and oxygen atoms in total. The Bertz CT molecular complexity index is 885. The zero-order valence-corrected chi connectivity index (χ0v) is 14.6. The number of aryl methyl sites for hydroxylation is 1. The van der Waals surface area contributed by atoms with Crippen molar-refractivity contribution in [1.82, 2.24) is 14.5 Å². The zero-order valence-electron chi connectivity index (χ0n) is 14.6. The first-order chi connectivity index (χ1) is 12.2. The lowest BCUT2D eigenvalue weighted by molar-refractivity contribution is -0.134. The number of hydrogen-bond acceptors (Lipinski definition) is 2. The number of hydrogen-bond donors (Lipinski definition) is 0. The highest BCUT2D eigenvalue weighted by Crippen LogP contribution is 2.31. The van der Waals surface area contributed by atoms with Crippen molar-refractivity contribution in [3.8, 4) is 0 Å². The Labute approximate surface area is 148 Å². The van der Waals surface area contributed by atoms with Crippen LogP contribution < -0.4 is 0 Å². The van der Waals surface area contributed by atoms with Crippen molar-refractivity contribution in [2.24, 2.45) is 7.05 Å². The smallest absolute Gasteiger partial charge is 0.227 e. The molecule has 1 aliphatic heterocycles. The van der Waals surface area contributed by atoms with E-state index in [9.17, 15) is 4.79 Å². The van der Waals surface area contributed by atoms with Gasteiger partial charge in [0.15, 0.2) is 0 Å². The van der Waals surface area contributed by atoms with Crippen LogP contribution in [0.5, 0.6) is 0 Å². The number of para-hydroxylation sites is 1. The van der Waals surface area contributed by atoms with Gasteiger partial charge < -0.3 is 9.47 Å². The topological polar surface area (TPSA) is 38.1 Å². The molecule has 0 bridgehead atoms. The number of carbonyl (C=O) groups is 1. The van der Waals surface area contributed by atoms with Gasteiger partial charge in [-0.15, -0.1) is 0 Å². The molecule has 1 saturated heterocycles. The van der Waals surface area contributed by atoms with Crippen molar-refractivity contribution in [2.45, 2.75) is 31.7 Å². The number of carbonyl (C=O) groups excluding carboxylic acids is 1. The van der Waals surface area contributed by atoms with Gasteiger partial charge in [0, 0.05) is 43.1 Å². The summed E-state index contributed by atoms with van der Waals surface area (Å²) in [6.45, 7) is 0.836. The fourth-order valence-corrected chi connectivity index (χ4v) is 3.98. The summed E-state index contributed by atoms with van der Waals surface area (Å²) in [6.07, 6.45) is 9.50. The second-order valence-electron chi connectivity index (χ2n) is 6.84. The fraction of sp³-hybridized carbons (Fsp3) is 0.333. The van der Waals surface area contributed by atoms with Crippen LogP contribution in [0, 0.1) is 0 Å². The van der Waals surface area contributed by atoms with E-state index in [4.69, 9.17) is 0 Å². The Kier molecular flexibility index (Phi) is 4.26. The molecule has 1 aromatic carbocycles. The van der Waals surface area contributed by atoms with E-state index >= 15 is 0 Å². The molecule has 3 heterocycles. The van der Waals surface area contributed by atoms with Gasteiger partial charge in [0.1, 0.15) is 0 Å². The minimum absolute atomic E-state index is 0.157. The van der Waals surface area contributed by atoms with Gasteiger partial charge in [0.25, 0.3) is 0 Å². The van der Waals surface area contributed by atoms with E-state index < -0.39 is 0 Å². The van der Waals surface area contributed by atoms with E-state index in [1.165, 1.54) is 10.9 Å². The van der Waals surface area contributed by atoms with Gasteiger partial charge in [-0.1, -0.05) is 24.3 Å². The summed E-state index contributed by atoms with van der Waals surface area (Å²) in [4.78, 5) is 19.4. The molecule has 4 heteroatoms. The first-order valence-electron chi connectivity index (χ1n) is 8.96. The lowest BCUT2D eigenvalue weighted by Crippen LogP contribution is -2.39. The Morgan fingerprint density at radius 2 is 2.08 bits per heavy atom. The molecule has 0 spiro atoms. The third-order valence-electron chi connectivity index (χ3n) is 5.21. The lowest BCUT2D eigenvalue weighted by atomic mass is 9.95. The Balaban J connectivity index is 1.60. The molecule has 1 aliphatic rings. The Morgan fingerprint density at radius 3 is 2.92 bits per heavy atom. The minimum Gasteiger partial charge on any atom is -0.350 e. The maximum Gasteiger partial charge on any atom is 0.227 e. The highest BCUT2D eigenvalue weighted by atomic mass is 16.2. The number of rotatable bonds is 3. The van der Waals surface area contributed by atoms with Crippen LogP contribution in [0.3, 0.4) is 0 Å². The van der Waals surface area contributed by atoms with Crippen LogP contribution in [0.15, 0.2) is 55.0 Å². The first-order valence-corrected chi connectivity index (χ1v) is 8.96. The van der Waals surface area contributed by atoms with Crippen LogP contribution in [-0.4, -0.2) is 26.9 Å². The van der Waals surface area contributed by atoms with E-state index in [0.29, 0.717) is 6.42 Å². The van der Waals surface area contributed by atoms with Crippen LogP contribution in [0.25, 0.3) is 10.9 Å². The zero-order chi connectivity index (χ0) is 17.2. The molecule has 1 amide bonds. The van der Waals surface area contributed by atoms with Gasteiger partial charge in [-0.3, -0.25) is 9.78 Å². The summed E-state index contributed by atoms with van der Waals surface area (Å²) in [6, 6.07) is 12.5. The normalized spacial score (nSPS) is 17.8. The second-order valence-corrected chi connectivity index (χ2v) is 6.84. The molecule has 128 valence electrons.